The van der Waals surface area contributed by atoms with Crippen LogP contribution in [0.3, 0.4) is 0 Å². The molecule has 0 N–H and O–H groups in total. The molecule has 3 heterocycles. The third-order valence-electron chi connectivity index (χ3n) is 4.16. The number of sulfonamides is 1. The number of aromatic nitrogens is 2. The van der Waals surface area contributed by atoms with Crippen LogP contribution < -0.4 is 0 Å². The molecule has 0 aliphatic carbocycles. The van der Waals surface area contributed by atoms with Gasteiger partial charge >= 0.3 is 0 Å². The summed E-state index contributed by atoms with van der Waals surface area (Å²) < 4.78 is 41.0. The van der Waals surface area contributed by atoms with Gasteiger partial charge in [0.25, 0.3) is 0 Å². The number of rotatable bonds is 4. The quantitative estimate of drug-likeness (QED) is 0.668. The summed E-state index contributed by atoms with van der Waals surface area (Å²) in [5.41, 5.74) is 1.08. The second-order valence-corrected chi connectivity index (χ2v) is 8.08. The highest BCUT2D eigenvalue weighted by Gasteiger charge is 2.30. The summed E-state index contributed by atoms with van der Waals surface area (Å²) in [5, 5.41) is 0. The number of piperazine rings is 1. The van der Waals surface area contributed by atoms with Gasteiger partial charge in [-0.2, -0.15) is 13.1 Å². The molecular formula is C15H17ClN4O3S2. The Morgan fingerprint density at radius 2 is 1.88 bits per heavy atom. The number of fused-ring (bicyclic) bond motifs is 1. The molecular weight excluding hydrogens is 384 g/mol. The zero-order chi connectivity index (χ0) is 16.6. The number of halogens is 1. The summed E-state index contributed by atoms with van der Waals surface area (Å²) in [6.07, 6.45) is 1.65. The predicted octanol–water partition coefficient (Wildman–Crippen LogP) is 2.21. The van der Waals surface area contributed by atoms with Crippen LogP contribution in [0.25, 0.3) is 11.0 Å². The molecule has 0 radical (unpaired) electrons. The molecule has 10 heteroatoms. The fraction of sp³-hybridized carbons (Fsp3) is 0.333. The van der Waals surface area contributed by atoms with E-state index in [4.69, 9.17) is 4.42 Å². The maximum atomic E-state index is 12.9. The van der Waals surface area contributed by atoms with Gasteiger partial charge in [0.05, 0.1) is 24.5 Å². The molecule has 1 aliphatic rings. The van der Waals surface area contributed by atoms with Crippen LogP contribution in [0.1, 0.15) is 5.76 Å². The predicted molar refractivity (Wildman–Crippen MR) is 97.4 cm³/mol. The fourth-order valence-corrected chi connectivity index (χ4v) is 5.05. The molecule has 0 unspecified atom stereocenters. The first-order valence-electron chi connectivity index (χ1n) is 7.61. The SMILES string of the molecule is Cl.O=S(=O)(c1cccc2nsnc12)N1CCN(Cc2ccco2)CC1. The Kier molecular flexibility index (Phi) is 5.40. The lowest BCUT2D eigenvalue weighted by Crippen LogP contribution is -2.48. The molecule has 0 spiro atoms. The van der Waals surface area contributed by atoms with E-state index in [0.29, 0.717) is 43.8 Å². The highest BCUT2D eigenvalue weighted by molar-refractivity contribution is 7.89. The molecule has 1 aliphatic heterocycles. The minimum atomic E-state index is -3.56. The van der Waals surface area contributed by atoms with Gasteiger partial charge in [0.1, 0.15) is 21.7 Å². The molecule has 25 heavy (non-hydrogen) atoms. The lowest BCUT2D eigenvalue weighted by atomic mass is 10.3. The summed E-state index contributed by atoms with van der Waals surface area (Å²) in [6, 6.07) is 8.88. The minimum absolute atomic E-state index is 0. The third kappa shape index (κ3) is 3.56. The van der Waals surface area contributed by atoms with Gasteiger partial charge in [-0.15, -0.1) is 12.4 Å². The Hall–Kier alpha value is -1.52. The summed E-state index contributed by atoms with van der Waals surface area (Å²) in [4.78, 5) is 2.43. The van der Waals surface area contributed by atoms with Gasteiger partial charge in [-0.25, -0.2) is 8.42 Å². The molecule has 134 valence electrons. The summed E-state index contributed by atoms with van der Waals surface area (Å²) in [6.45, 7) is 2.96. The van der Waals surface area contributed by atoms with Crippen molar-refractivity contribution < 1.29 is 12.8 Å². The van der Waals surface area contributed by atoms with E-state index in [9.17, 15) is 8.42 Å². The molecule has 0 saturated carbocycles. The zero-order valence-corrected chi connectivity index (χ0v) is 15.7. The molecule has 0 amide bonds. The lowest BCUT2D eigenvalue weighted by molar-refractivity contribution is 0.171. The minimum Gasteiger partial charge on any atom is -0.468 e. The maximum absolute atomic E-state index is 12.9. The van der Waals surface area contributed by atoms with Crippen molar-refractivity contribution in [3.8, 4) is 0 Å². The van der Waals surface area contributed by atoms with Crippen molar-refractivity contribution in [1.29, 1.82) is 0 Å². The molecule has 0 atom stereocenters. The van der Waals surface area contributed by atoms with E-state index >= 15 is 0 Å². The summed E-state index contributed by atoms with van der Waals surface area (Å²) in [7, 11) is -3.56. The van der Waals surface area contributed by atoms with Crippen LogP contribution in [-0.4, -0.2) is 52.5 Å². The van der Waals surface area contributed by atoms with Crippen LogP contribution in [0.15, 0.2) is 45.9 Å². The van der Waals surface area contributed by atoms with E-state index in [2.05, 4.69) is 13.6 Å². The average molecular weight is 401 g/mol. The Bertz CT molecular complexity index is 935. The Morgan fingerprint density at radius 1 is 1.08 bits per heavy atom. The van der Waals surface area contributed by atoms with Gasteiger partial charge in [-0.3, -0.25) is 4.90 Å². The molecule has 0 bridgehead atoms. The van der Waals surface area contributed by atoms with Gasteiger partial charge in [0, 0.05) is 26.2 Å². The first-order valence-corrected chi connectivity index (χ1v) is 9.78. The summed E-state index contributed by atoms with van der Waals surface area (Å²) in [5.74, 6) is 0.893. The Balaban J connectivity index is 0.00000182. The van der Waals surface area contributed by atoms with Gasteiger partial charge in [0.2, 0.25) is 10.0 Å². The van der Waals surface area contributed by atoms with Crippen molar-refractivity contribution in [1.82, 2.24) is 18.0 Å². The molecule has 1 aromatic carbocycles. The van der Waals surface area contributed by atoms with Crippen molar-refractivity contribution in [2.75, 3.05) is 26.2 Å². The van der Waals surface area contributed by atoms with E-state index in [0.717, 1.165) is 17.5 Å². The first-order chi connectivity index (χ1) is 11.6. The number of furan rings is 1. The monoisotopic (exact) mass is 400 g/mol. The first kappa shape index (κ1) is 18.3. The van der Waals surface area contributed by atoms with E-state index in [-0.39, 0.29) is 17.3 Å². The largest absolute Gasteiger partial charge is 0.468 e. The third-order valence-corrected chi connectivity index (χ3v) is 6.63. The standard InChI is InChI=1S/C15H16N4O3S2.ClH/c20-24(21,14-5-1-4-13-15(14)17-23-16-13)19-8-6-18(7-9-19)11-12-3-2-10-22-12;/h1-5,10H,6-9,11H2;1H. The van der Waals surface area contributed by atoms with E-state index in [1.54, 1.807) is 24.5 Å². The lowest BCUT2D eigenvalue weighted by Gasteiger charge is -2.33. The molecule has 3 aromatic rings. The number of hydrogen-bond acceptors (Lipinski definition) is 7. The number of nitrogens with zero attached hydrogens (tertiary/aromatic N) is 4. The van der Waals surface area contributed by atoms with Crippen LogP contribution in [0.4, 0.5) is 0 Å². The van der Waals surface area contributed by atoms with E-state index < -0.39 is 10.0 Å². The molecule has 2 aromatic heterocycles. The number of benzene rings is 1. The van der Waals surface area contributed by atoms with Crippen LogP contribution in [0, 0.1) is 0 Å². The van der Waals surface area contributed by atoms with Crippen LogP contribution in [0.2, 0.25) is 0 Å². The fourth-order valence-electron chi connectivity index (χ4n) is 2.88. The van der Waals surface area contributed by atoms with Gasteiger partial charge < -0.3 is 4.42 Å². The molecule has 4 rings (SSSR count). The zero-order valence-electron chi connectivity index (χ0n) is 13.2. The van der Waals surface area contributed by atoms with Crippen molar-refractivity contribution >= 4 is 45.2 Å². The van der Waals surface area contributed by atoms with Crippen LogP contribution in [-0.2, 0) is 16.6 Å². The van der Waals surface area contributed by atoms with Crippen molar-refractivity contribution in [3.05, 3.63) is 42.4 Å². The van der Waals surface area contributed by atoms with E-state index in [1.165, 1.54) is 4.31 Å². The highest BCUT2D eigenvalue weighted by Crippen LogP contribution is 2.25. The van der Waals surface area contributed by atoms with E-state index in [1.807, 2.05) is 12.1 Å². The Labute approximate surface area is 156 Å². The topological polar surface area (TPSA) is 79.5 Å². The van der Waals surface area contributed by atoms with Gasteiger partial charge in [0.15, 0.2) is 0 Å². The average Bonchev–Trinajstić information content (AvgIpc) is 3.26. The van der Waals surface area contributed by atoms with Gasteiger partial charge in [-0.05, 0) is 24.3 Å². The normalized spacial score (nSPS) is 16.8. The van der Waals surface area contributed by atoms with Crippen molar-refractivity contribution in [2.24, 2.45) is 0 Å². The second kappa shape index (κ2) is 7.38. The smallest absolute Gasteiger partial charge is 0.245 e. The van der Waals surface area contributed by atoms with Crippen molar-refractivity contribution in [2.45, 2.75) is 11.4 Å². The van der Waals surface area contributed by atoms with Gasteiger partial charge in [-0.1, -0.05) is 6.07 Å². The molecule has 1 saturated heterocycles. The highest BCUT2D eigenvalue weighted by atomic mass is 35.5. The molecule has 1 fully saturated rings. The van der Waals surface area contributed by atoms with Crippen LogP contribution >= 0.6 is 24.1 Å². The summed E-state index contributed by atoms with van der Waals surface area (Å²) >= 11 is 1.03. The Morgan fingerprint density at radius 3 is 2.60 bits per heavy atom. The van der Waals surface area contributed by atoms with Crippen molar-refractivity contribution in [3.63, 3.8) is 0 Å². The van der Waals surface area contributed by atoms with Crippen LogP contribution in [0.5, 0.6) is 0 Å². The molecule has 7 nitrogen and oxygen atoms in total. The second-order valence-electron chi connectivity index (χ2n) is 5.65. The maximum Gasteiger partial charge on any atom is 0.245 e. The number of hydrogen-bond donors (Lipinski definition) is 0.